The average molecular weight is 263 g/mol. The van der Waals surface area contributed by atoms with Gasteiger partial charge >= 0.3 is 0 Å². The van der Waals surface area contributed by atoms with Gasteiger partial charge in [0.1, 0.15) is 0 Å². The van der Waals surface area contributed by atoms with Crippen molar-refractivity contribution in [1.82, 2.24) is 4.98 Å². The predicted molar refractivity (Wildman–Crippen MR) is 78.3 cm³/mol. The molecule has 1 atom stereocenters. The van der Waals surface area contributed by atoms with Gasteiger partial charge in [-0.05, 0) is 32.3 Å². The molecule has 106 valence electrons. The van der Waals surface area contributed by atoms with Gasteiger partial charge in [0.15, 0.2) is 0 Å². The molecule has 0 aliphatic carbocycles. The third-order valence-corrected chi connectivity index (χ3v) is 3.60. The van der Waals surface area contributed by atoms with Crippen LogP contribution in [0.4, 0.5) is 5.69 Å². The molecular weight excluding hydrogens is 238 g/mol. The lowest BCUT2D eigenvalue weighted by atomic mass is 10.1. The lowest BCUT2D eigenvalue weighted by molar-refractivity contribution is 0.0440. The van der Waals surface area contributed by atoms with Crippen LogP contribution in [-0.2, 0) is 11.3 Å². The van der Waals surface area contributed by atoms with Crippen molar-refractivity contribution in [3.8, 4) is 0 Å². The standard InChI is InChI=1S/C15H25N3O/c1-3-7-19-14-5-4-6-18(11-14)15-8-12(2)17-10-13(15)9-16/h8,10,14H,3-7,9,11,16H2,1-2H3. The van der Waals surface area contributed by atoms with E-state index < -0.39 is 0 Å². The van der Waals surface area contributed by atoms with Gasteiger partial charge < -0.3 is 15.4 Å². The van der Waals surface area contributed by atoms with E-state index in [0.717, 1.165) is 37.4 Å². The van der Waals surface area contributed by atoms with E-state index >= 15 is 0 Å². The van der Waals surface area contributed by atoms with E-state index in [-0.39, 0.29) is 0 Å². The van der Waals surface area contributed by atoms with Crippen molar-refractivity contribution in [2.24, 2.45) is 5.73 Å². The van der Waals surface area contributed by atoms with Gasteiger partial charge in [-0.15, -0.1) is 0 Å². The van der Waals surface area contributed by atoms with Crippen molar-refractivity contribution in [3.05, 3.63) is 23.5 Å². The number of hydrogen-bond acceptors (Lipinski definition) is 4. The van der Waals surface area contributed by atoms with Crippen molar-refractivity contribution >= 4 is 5.69 Å². The van der Waals surface area contributed by atoms with Gasteiger partial charge in [-0.2, -0.15) is 0 Å². The van der Waals surface area contributed by atoms with E-state index in [9.17, 15) is 0 Å². The second-order valence-electron chi connectivity index (χ2n) is 5.24. The SMILES string of the molecule is CCCOC1CCCN(c2cc(C)ncc2CN)C1. The smallest absolute Gasteiger partial charge is 0.0750 e. The molecule has 0 spiro atoms. The molecule has 1 aliphatic heterocycles. The normalized spacial score (nSPS) is 19.7. The molecule has 1 saturated heterocycles. The first-order valence-corrected chi connectivity index (χ1v) is 7.26. The van der Waals surface area contributed by atoms with E-state index in [1.54, 1.807) is 0 Å². The lowest BCUT2D eigenvalue weighted by Crippen LogP contribution is -2.40. The Morgan fingerprint density at radius 1 is 1.53 bits per heavy atom. The average Bonchev–Trinajstić information content (AvgIpc) is 2.45. The Morgan fingerprint density at radius 3 is 3.11 bits per heavy atom. The molecule has 19 heavy (non-hydrogen) atoms. The Kier molecular flexibility index (Phi) is 5.16. The maximum atomic E-state index is 5.90. The summed E-state index contributed by atoms with van der Waals surface area (Å²) >= 11 is 0. The zero-order chi connectivity index (χ0) is 13.7. The number of piperidine rings is 1. The highest BCUT2D eigenvalue weighted by atomic mass is 16.5. The summed E-state index contributed by atoms with van der Waals surface area (Å²) in [6, 6.07) is 2.14. The van der Waals surface area contributed by atoms with Gasteiger partial charge in [-0.3, -0.25) is 4.98 Å². The monoisotopic (exact) mass is 263 g/mol. The van der Waals surface area contributed by atoms with E-state index in [1.165, 1.54) is 18.5 Å². The molecule has 2 rings (SSSR count). The lowest BCUT2D eigenvalue weighted by Gasteiger charge is -2.35. The van der Waals surface area contributed by atoms with Gasteiger partial charge in [0.05, 0.1) is 6.10 Å². The van der Waals surface area contributed by atoms with Gasteiger partial charge in [0.2, 0.25) is 0 Å². The van der Waals surface area contributed by atoms with Crippen molar-refractivity contribution in [3.63, 3.8) is 0 Å². The van der Waals surface area contributed by atoms with Crippen molar-refractivity contribution in [2.75, 3.05) is 24.6 Å². The number of hydrogen-bond donors (Lipinski definition) is 1. The van der Waals surface area contributed by atoms with Crippen LogP contribution in [-0.4, -0.2) is 30.8 Å². The fourth-order valence-corrected chi connectivity index (χ4v) is 2.60. The quantitative estimate of drug-likeness (QED) is 0.885. The molecule has 2 N–H and O–H groups in total. The van der Waals surface area contributed by atoms with Crippen LogP contribution in [0.1, 0.15) is 37.4 Å². The number of aryl methyl sites for hydroxylation is 1. The van der Waals surface area contributed by atoms with Crippen LogP contribution in [0.25, 0.3) is 0 Å². The van der Waals surface area contributed by atoms with Gasteiger partial charge in [0.25, 0.3) is 0 Å². The number of rotatable bonds is 5. The Bertz CT molecular complexity index is 408. The van der Waals surface area contributed by atoms with Crippen molar-refractivity contribution < 1.29 is 4.74 Å². The summed E-state index contributed by atoms with van der Waals surface area (Å²) in [5.41, 5.74) is 9.23. The molecule has 1 fully saturated rings. The van der Waals surface area contributed by atoms with Crippen molar-refractivity contribution in [1.29, 1.82) is 0 Å². The first kappa shape index (κ1) is 14.3. The van der Waals surface area contributed by atoms with Crippen LogP contribution < -0.4 is 10.6 Å². The van der Waals surface area contributed by atoms with Crippen LogP contribution in [0.5, 0.6) is 0 Å². The molecule has 1 aromatic rings. The minimum absolute atomic E-state index is 0.354. The number of nitrogens with two attached hydrogens (primary N) is 1. The molecule has 0 amide bonds. The summed E-state index contributed by atoms with van der Waals surface area (Å²) < 4.78 is 5.90. The molecule has 1 aromatic heterocycles. The summed E-state index contributed by atoms with van der Waals surface area (Å²) in [6.45, 7) is 7.63. The Hall–Kier alpha value is -1.13. The van der Waals surface area contributed by atoms with Crippen molar-refractivity contribution in [2.45, 2.75) is 45.8 Å². The molecule has 4 nitrogen and oxygen atoms in total. The Labute approximate surface area is 116 Å². The zero-order valence-corrected chi connectivity index (χ0v) is 12.1. The second-order valence-corrected chi connectivity index (χ2v) is 5.24. The topological polar surface area (TPSA) is 51.4 Å². The summed E-state index contributed by atoms with van der Waals surface area (Å²) in [5, 5.41) is 0. The largest absolute Gasteiger partial charge is 0.376 e. The van der Waals surface area contributed by atoms with Gasteiger partial charge in [0, 0.05) is 49.4 Å². The van der Waals surface area contributed by atoms with Gasteiger partial charge in [-0.1, -0.05) is 6.92 Å². The van der Waals surface area contributed by atoms with Crippen LogP contribution in [0.3, 0.4) is 0 Å². The highest BCUT2D eigenvalue weighted by molar-refractivity contribution is 5.54. The third kappa shape index (κ3) is 3.67. The molecule has 0 radical (unpaired) electrons. The fraction of sp³-hybridized carbons (Fsp3) is 0.667. The fourth-order valence-electron chi connectivity index (χ4n) is 2.60. The number of pyridine rings is 1. The summed E-state index contributed by atoms with van der Waals surface area (Å²) in [7, 11) is 0. The number of aromatic nitrogens is 1. The van der Waals surface area contributed by atoms with E-state index in [1.807, 2.05) is 13.1 Å². The first-order valence-electron chi connectivity index (χ1n) is 7.26. The minimum Gasteiger partial charge on any atom is -0.376 e. The Morgan fingerprint density at radius 2 is 2.37 bits per heavy atom. The highest BCUT2D eigenvalue weighted by Crippen LogP contribution is 2.25. The third-order valence-electron chi connectivity index (χ3n) is 3.60. The Balaban J connectivity index is 2.10. The summed E-state index contributed by atoms with van der Waals surface area (Å²) in [6.07, 6.45) is 5.69. The summed E-state index contributed by atoms with van der Waals surface area (Å²) in [4.78, 5) is 6.74. The zero-order valence-electron chi connectivity index (χ0n) is 12.1. The van der Waals surface area contributed by atoms with E-state index in [4.69, 9.17) is 10.5 Å². The highest BCUT2D eigenvalue weighted by Gasteiger charge is 2.22. The van der Waals surface area contributed by atoms with Crippen LogP contribution in [0.2, 0.25) is 0 Å². The van der Waals surface area contributed by atoms with E-state index in [0.29, 0.717) is 12.6 Å². The molecule has 0 bridgehead atoms. The second kappa shape index (κ2) is 6.87. The molecule has 1 unspecified atom stereocenters. The molecule has 1 aliphatic rings. The van der Waals surface area contributed by atoms with E-state index in [2.05, 4.69) is 22.9 Å². The number of ether oxygens (including phenoxy) is 1. The number of anilines is 1. The maximum Gasteiger partial charge on any atom is 0.0750 e. The van der Waals surface area contributed by atoms with Gasteiger partial charge in [-0.25, -0.2) is 0 Å². The molecular formula is C15H25N3O. The van der Waals surface area contributed by atoms with Crippen LogP contribution >= 0.6 is 0 Å². The number of nitrogens with zero attached hydrogens (tertiary/aromatic N) is 2. The summed E-state index contributed by atoms with van der Waals surface area (Å²) in [5.74, 6) is 0. The van der Waals surface area contributed by atoms with Crippen LogP contribution in [0.15, 0.2) is 12.3 Å². The minimum atomic E-state index is 0.354. The molecule has 2 heterocycles. The first-order chi connectivity index (χ1) is 9.24. The maximum absolute atomic E-state index is 5.90. The molecule has 0 saturated carbocycles. The molecule has 4 heteroatoms. The molecule has 0 aromatic carbocycles. The van der Waals surface area contributed by atoms with Crippen LogP contribution in [0, 0.1) is 6.92 Å². The predicted octanol–water partition coefficient (Wildman–Crippen LogP) is 2.24.